The first-order valence-electron chi connectivity index (χ1n) is 7.39. The number of fused-ring (bicyclic) bond motifs is 1. The summed E-state index contributed by atoms with van der Waals surface area (Å²) < 4.78 is 0. The van der Waals surface area contributed by atoms with Gasteiger partial charge in [-0.25, -0.2) is 0 Å². The lowest BCUT2D eigenvalue weighted by molar-refractivity contribution is 0.713. The Labute approximate surface area is 125 Å². The van der Waals surface area contributed by atoms with Gasteiger partial charge in [0, 0.05) is 11.6 Å². The second-order valence-electron chi connectivity index (χ2n) is 5.51. The van der Waals surface area contributed by atoms with Crippen molar-refractivity contribution in [3.05, 3.63) is 102 Å². The molecule has 3 aromatic carbocycles. The van der Waals surface area contributed by atoms with Crippen LogP contribution in [-0.4, -0.2) is 0 Å². The number of benzene rings is 3. The average Bonchev–Trinajstić information content (AvgIpc) is 2.96. The zero-order valence-electron chi connectivity index (χ0n) is 11.7. The third-order valence-electron chi connectivity index (χ3n) is 4.26. The van der Waals surface area contributed by atoms with E-state index in [9.17, 15) is 0 Å². The maximum Gasteiger partial charge on any atom is 0.0623 e. The summed E-state index contributed by atoms with van der Waals surface area (Å²) in [5, 5.41) is 3.70. The smallest absolute Gasteiger partial charge is 0.0623 e. The lowest BCUT2D eigenvalue weighted by Gasteiger charge is -2.21. The second kappa shape index (κ2) is 5.10. The van der Waals surface area contributed by atoms with Gasteiger partial charge in [0.25, 0.3) is 0 Å². The fraction of sp³-hybridized carbons (Fsp3) is 0.100. The van der Waals surface area contributed by atoms with E-state index in [1.165, 1.54) is 22.4 Å². The van der Waals surface area contributed by atoms with Gasteiger partial charge in [-0.2, -0.15) is 0 Å². The molecule has 3 aromatic rings. The van der Waals surface area contributed by atoms with Crippen LogP contribution in [0, 0.1) is 0 Å². The molecule has 0 fully saturated rings. The molecule has 4 rings (SSSR count). The highest BCUT2D eigenvalue weighted by Gasteiger charge is 2.33. The molecule has 0 unspecified atom stereocenters. The summed E-state index contributed by atoms with van der Waals surface area (Å²) in [4.78, 5) is 0. The predicted octanol–water partition coefficient (Wildman–Crippen LogP) is 4.99. The van der Waals surface area contributed by atoms with Gasteiger partial charge in [-0.1, -0.05) is 78.9 Å². The molecule has 0 amide bonds. The van der Waals surface area contributed by atoms with Crippen LogP contribution in [0.4, 0.5) is 5.69 Å². The van der Waals surface area contributed by atoms with Gasteiger partial charge >= 0.3 is 0 Å². The van der Waals surface area contributed by atoms with Crippen molar-refractivity contribution >= 4 is 5.69 Å². The first kappa shape index (κ1) is 12.2. The van der Waals surface area contributed by atoms with Gasteiger partial charge in [-0.3, -0.25) is 0 Å². The summed E-state index contributed by atoms with van der Waals surface area (Å²) in [5.74, 6) is 0.366. The minimum Gasteiger partial charge on any atom is -0.377 e. The van der Waals surface area contributed by atoms with Crippen molar-refractivity contribution in [3.8, 4) is 0 Å². The molecule has 0 spiro atoms. The Bertz CT molecular complexity index is 734. The largest absolute Gasteiger partial charge is 0.377 e. The second-order valence-corrected chi connectivity index (χ2v) is 5.51. The normalized spacial score (nSPS) is 19.8. The third kappa shape index (κ3) is 2.11. The first-order chi connectivity index (χ1) is 10.4. The zero-order chi connectivity index (χ0) is 14.1. The standard InChI is InChI=1S/C20H17N/c1-3-9-15(10-4-1)19-17-13-7-8-14-18(17)21-20(19)16-11-5-2-6-12-16/h1-14,19-21H/t19-,20+/m1/s1. The molecule has 1 aliphatic rings. The fourth-order valence-corrected chi connectivity index (χ4v) is 3.30. The van der Waals surface area contributed by atoms with Crippen molar-refractivity contribution < 1.29 is 0 Å². The van der Waals surface area contributed by atoms with Gasteiger partial charge in [-0.05, 0) is 22.8 Å². The molecule has 1 nitrogen and oxygen atoms in total. The number of rotatable bonds is 2. The van der Waals surface area contributed by atoms with Crippen LogP contribution in [-0.2, 0) is 0 Å². The highest BCUT2D eigenvalue weighted by Crippen LogP contribution is 2.47. The Morgan fingerprint density at radius 2 is 1.14 bits per heavy atom. The zero-order valence-corrected chi connectivity index (χ0v) is 11.7. The Hall–Kier alpha value is -2.54. The maximum absolute atomic E-state index is 3.70. The highest BCUT2D eigenvalue weighted by molar-refractivity contribution is 5.63. The quantitative estimate of drug-likeness (QED) is 0.692. The molecule has 102 valence electrons. The lowest BCUT2D eigenvalue weighted by atomic mass is 9.85. The van der Waals surface area contributed by atoms with Gasteiger partial charge in [0.05, 0.1) is 6.04 Å². The molecule has 21 heavy (non-hydrogen) atoms. The van der Waals surface area contributed by atoms with Gasteiger partial charge in [0.2, 0.25) is 0 Å². The van der Waals surface area contributed by atoms with E-state index in [1.54, 1.807) is 0 Å². The van der Waals surface area contributed by atoms with E-state index < -0.39 is 0 Å². The van der Waals surface area contributed by atoms with Crippen LogP contribution < -0.4 is 5.32 Å². The molecular formula is C20H17N. The number of anilines is 1. The van der Waals surface area contributed by atoms with Gasteiger partial charge < -0.3 is 5.32 Å². The number of hydrogen-bond acceptors (Lipinski definition) is 1. The van der Waals surface area contributed by atoms with Crippen molar-refractivity contribution in [2.75, 3.05) is 5.32 Å². The van der Waals surface area contributed by atoms with Crippen LogP contribution in [0.15, 0.2) is 84.9 Å². The Morgan fingerprint density at radius 1 is 0.571 bits per heavy atom. The van der Waals surface area contributed by atoms with Crippen molar-refractivity contribution in [2.45, 2.75) is 12.0 Å². The van der Waals surface area contributed by atoms with E-state index in [1.807, 2.05) is 0 Å². The van der Waals surface area contributed by atoms with E-state index in [0.29, 0.717) is 12.0 Å². The number of para-hydroxylation sites is 1. The van der Waals surface area contributed by atoms with Crippen LogP contribution in [0.5, 0.6) is 0 Å². The molecule has 0 bridgehead atoms. The molecule has 1 aliphatic heterocycles. The number of hydrogen-bond donors (Lipinski definition) is 1. The molecule has 0 radical (unpaired) electrons. The molecule has 2 atom stereocenters. The summed E-state index contributed by atoms with van der Waals surface area (Å²) in [6, 6.07) is 30.4. The van der Waals surface area contributed by atoms with Crippen molar-refractivity contribution in [2.24, 2.45) is 0 Å². The van der Waals surface area contributed by atoms with E-state index in [0.717, 1.165) is 0 Å². The van der Waals surface area contributed by atoms with Gasteiger partial charge in [-0.15, -0.1) is 0 Å². The minimum absolute atomic E-state index is 0.297. The molecule has 0 aliphatic carbocycles. The molecule has 1 heterocycles. The molecule has 1 heteroatoms. The summed E-state index contributed by atoms with van der Waals surface area (Å²) in [5.41, 5.74) is 5.34. The predicted molar refractivity (Wildman–Crippen MR) is 87.5 cm³/mol. The SMILES string of the molecule is c1ccc([C@@H]2c3ccccc3N[C@H]2c2ccccc2)cc1. The average molecular weight is 271 g/mol. The van der Waals surface area contributed by atoms with Crippen molar-refractivity contribution in [1.29, 1.82) is 0 Å². The molecule has 0 saturated heterocycles. The maximum atomic E-state index is 3.70. The summed E-state index contributed by atoms with van der Waals surface area (Å²) in [7, 11) is 0. The monoisotopic (exact) mass is 271 g/mol. The van der Waals surface area contributed by atoms with E-state index >= 15 is 0 Å². The van der Waals surface area contributed by atoms with Crippen molar-refractivity contribution in [3.63, 3.8) is 0 Å². The highest BCUT2D eigenvalue weighted by atomic mass is 15.0. The van der Waals surface area contributed by atoms with Crippen LogP contribution in [0.2, 0.25) is 0 Å². The molecule has 0 aromatic heterocycles. The van der Waals surface area contributed by atoms with Crippen LogP contribution >= 0.6 is 0 Å². The topological polar surface area (TPSA) is 12.0 Å². The van der Waals surface area contributed by atoms with Gasteiger partial charge in [0.1, 0.15) is 0 Å². The number of nitrogens with one attached hydrogen (secondary N) is 1. The van der Waals surface area contributed by atoms with E-state index in [-0.39, 0.29) is 0 Å². The molecule has 1 N–H and O–H groups in total. The van der Waals surface area contributed by atoms with Crippen LogP contribution in [0.1, 0.15) is 28.7 Å². The Balaban J connectivity index is 1.85. The van der Waals surface area contributed by atoms with Crippen molar-refractivity contribution in [1.82, 2.24) is 0 Å². The summed E-state index contributed by atoms with van der Waals surface area (Å²) >= 11 is 0. The minimum atomic E-state index is 0.297. The molecular weight excluding hydrogens is 254 g/mol. The fourth-order valence-electron chi connectivity index (χ4n) is 3.30. The first-order valence-corrected chi connectivity index (χ1v) is 7.39. The van der Waals surface area contributed by atoms with E-state index in [2.05, 4.69) is 90.2 Å². The van der Waals surface area contributed by atoms with Crippen LogP contribution in [0.3, 0.4) is 0 Å². The third-order valence-corrected chi connectivity index (χ3v) is 4.26. The summed E-state index contributed by atoms with van der Waals surface area (Å²) in [6.45, 7) is 0. The molecule has 0 saturated carbocycles. The van der Waals surface area contributed by atoms with E-state index in [4.69, 9.17) is 0 Å². The lowest BCUT2D eigenvalue weighted by Crippen LogP contribution is -2.12. The van der Waals surface area contributed by atoms with Gasteiger partial charge in [0.15, 0.2) is 0 Å². The Morgan fingerprint density at radius 3 is 1.86 bits per heavy atom. The Kier molecular flexibility index (Phi) is 2.97. The van der Waals surface area contributed by atoms with Crippen LogP contribution in [0.25, 0.3) is 0 Å². The summed E-state index contributed by atoms with van der Waals surface area (Å²) in [6.07, 6.45) is 0.